The van der Waals surface area contributed by atoms with Crippen LogP contribution in [-0.2, 0) is 0 Å². The second kappa shape index (κ2) is 4.72. The Morgan fingerprint density at radius 1 is 1.06 bits per heavy atom. The predicted molar refractivity (Wildman–Crippen MR) is 56.4 cm³/mol. The predicted octanol–water partition coefficient (Wildman–Crippen LogP) is 3.70. The SMILES string of the molecule is C=Cc1c(F)c(F)c(C(C)[B]C)c(F)c1F. The van der Waals surface area contributed by atoms with Crippen LogP contribution in [0.5, 0.6) is 0 Å². The zero-order chi connectivity index (χ0) is 12.5. The molecule has 5 heteroatoms. The lowest BCUT2D eigenvalue weighted by molar-refractivity contribution is 0.436. The normalized spacial score (nSPS) is 12.4. The summed E-state index contributed by atoms with van der Waals surface area (Å²) >= 11 is 0. The lowest BCUT2D eigenvalue weighted by Gasteiger charge is -2.14. The maximum atomic E-state index is 13.5. The molecule has 0 spiro atoms. The quantitative estimate of drug-likeness (QED) is 0.421. The first-order chi connectivity index (χ1) is 7.45. The average molecular weight is 229 g/mol. The van der Waals surface area contributed by atoms with E-state index in [2.05, 4.69) is 6.58 Å². The molecule has 0 saturated heterocycles. The Balaban J connectivity index is 3.59. The first-order valence-corrected chi connectivity index (χ1v) is 4.73. The lowest BCUT2D eigenvalue weighted by atomic mass is 9.64. The number of benzene rings is 1. The molecule has 0 aromatic heterocycles. The van der Waals surface area contributed by atoms with Gasteiger partial charge in [-0.1, -0.05) is 26.4 Å². The monoisotopic (exact) mass is 229 g/mol. The molecule has 0 heterocycles. The maximum absolute atomic E-state index is 13.5. The van der Waals surface area contributed by atoms with Crippen LogP contribution < -0.4 is 0 Å². The van der Waals surface area contributed by atoms with E-state index in [1.807, 2.05) is 0 Å². The molecule has 0 aliphatic carbocycles. The highest BCUT2D eigenvalue weighted by Gasteiger charge is 2.26. The van der Waals surface area contributed by atoms with Gasteiger partial charge in [-0.25, -0.2) is 17.6 Å². The van der Waals surface area contributed by atoms with Gasteiger partial charge in [0, 0.05) is 5.56 Å². The molecule has 1 aromatic carbocycles. The van der Waals surface area contributed by atoms with E-state index >= 15 is 0 Å². The molecule has 0 nitrogen and oxygen atoms in total. The number of halogens is 4. The standard InChI is InChI=1S/C11H10BF4/c1-4-6-8(13)10(15)7(5(2)12-3)11(16)9(6)14/h4-5H,1H2,2-3H3. The van der Waals surface area contributed by atoms with E-state index in [1.54, 1.807) is 6.82 Å². The van der Waals surface area contributed by atoms with Crippen LogP contribution in [0.25, 0.3) is 6.08 Å². The van der Waals surface area contributed by atoms with E-state index in [0.717, 1.165) is 6.08 Å². The van der Waals surface area contributed by atoms with Gasteiger partial charge in [0.05, 0.1) is 5.56 Å². The van der Waals surface area contributed by atoms with E-state index in [1.165, 1.54) is 14.2 Å². The van der Waals surface area contributed by atoms with Crippen molar-refractivity contribution in [1.29, 1.82) is 0 Å². The minimum absolute atomic E-state index is 0.594. The fraction of sp³-hybridized carbons (Fsp3) is 0.273. The summed E-state index contributed by atoms with van der Waals surface area (Å²) < 4.78 is 53.6. The molecule has 0 bridgehead atoms. The Bertz CT molecular complexity index is 399. The molecule has 0 aliphatic rings. The minimum atomic E-state index is -1.40. The Morgan fingerprint density at radius 2 is 1.50 bits per heavy atom. The first kappa shape index (κ1) is 12.8. The van der Waals surface area contributed by atoms with Crippen molar-refractivity contribution in [3.05, 3.63) is 41.0 Å². The molecule has 0 aliphatic heterocycles. The van der Waals surface area contributed by atoms with Crippen LogP contribution in [-0.4, -0.2) is 7.28 Å². The van der Waals surface area contributed by atoms with Crippen molar-refractivity contribution in [3.8, 4) is 0 Å². The Labute approximate surface area is 92.2 Å². The lowest BCUT2D eigenvalue weighted by Crippen LogP contribution is -2.12. The van der Waals surface area contributed by atoms with Gasteiger partial charge in [0.25, 0.3) is 0 Å². The first-order valence-electron chi connectivity index (χ1n) is 4.73. The molecule has 16 heavy (non-hydrogen) atoms. The fourth-order valence-corrected chi connectivity index (χ4v) is 1.41. The Hall–Kier alpha value is -1.26. The molecule has 1 atom stereocenters. The van der Waals surface area contributed by atoms with Crippen molar-refractivity contribution in [2.75, 3.05) is 0 Å². The fourth-order valence-electron chi connectivity index (χ4n) is 1.41. The highest BCUT2D eigenvalue weighted by atomic mass is 19.2. The molecule has 0 fully saturated rings. The third-order valence-corrected chi connectivity index (χ3v) is 2.49. The van der Waals surface area contributed by atoms with Gasteiger partial charge in [-0.3, -0.25) is 0 Å². The third-order valence-electron chi connectivity index (χ3n) is 2.49. The largest absolute Gasteiger partial charge is 0.203 e. The number of hydrogen-bond donors (Lipinski definition) is 0. The van der Waals surface area contributed by atoms with E-state index in [0.29, 0.717) is 0 Å². The van der Waals surface area contributed by atoms with Gasteiger partial charge >= 0.3 is 0 Å². The molecule has 1 unspecified atom stereocenters. The van der Waals surface area contributed by atoms with Crippen LogP contribution >= 0.6 is 0 Å². The summed E-state index contributed by atoms with van der Waals surface area (Å²) in [5.74, 6) is -6.24. The molecule has 0 N–H and O–H groups in total. The summed E-state index contributed by atoms with van der Waals surface area (Å²) in [7, 11) is 1.45. The van der Waals surface area contributed by atoms with Crippen molar-refractivity contribution in [3.63, 3.8) is 0 Å². The van der Waals surface area contributed by atoms with E-state index in [-0.39, 0.29) is 0 Å². The smallest absolute Gasteiger partial charge is 0.169 e. The highest BCUT2D eigenvalue weighted by Crippen LogP contribution is 2.29. The van der Waals surface area contributed by atoms with Gasteiger partial charge in [0.2, 0.25) is 0 Å². The van der Waals surface area contributed by atoms with Crippen molar-refractivity contribution in [2.24, 2.45) is 0 Å². The van der Waals surface area contributed by atoms with Crippen LogP contribution in [0.2, 0.25) is 6.82 Å². The molecule has 1 radical (unpaired) electrons. The minimum Gasteiger partial charge on any atom is -0.203 e. The molecule has 85 valence electrons. The van der Waals surface area contributed by atoms with Crippen LogP contribution in [0.4, 0.5) is 17.6 Å². The van der Waals surface area contributed by atoms with Gasteiger partial charge in [0.1, 0.15) is 7.28 Å². The van der Waals surface area contributed by atoms with Gasteiger partial charge in [-0.15, -0.1) is 0 Å². The van der Waals surface area contributed by atoms with Crippen LogP contribution in [0.1, 0.15) is 23.9 Å². The molecule has 1 aromatic rings. The average Bonchev–Trinajstić information content (AvgIpc) is 2.27. The van der Waals surface area contributed by atoms with Crippen molar-refractivity contribution < 1.29 is 17.6 Å². The Kier molecular flexibility index (Phi) is 3.78. The summed E-state index contributed by atoms with van der Waals surface area (Å²) in [6.45, 7) is 6.12. The summed E-state index contributed by atoms with van der Waals surface area (Å²) in [4.78, 5) is 0. The zero-order valence-corrected chi connectivity index (χ0v) is 8.95. The van der Waals surface area contributed by atoms with Crippen LogP contribution in [0.15, 0.2) is 6.58 Å². The number of rotatable bonds is 3. The number of hydrogen-bond acceptors (Lipinski definition) is 0. The molecular weight excluding hydrogens is 219 g/mol. The summed E-state index contributed by atoms with van der Waals surface area (Å²) in [5, 5.41) is 0. The summed E-state index contributed by atoms with van der Waals surface area (Å²) in [6.07, 6.45) is 0.751. The van der Waals surface area contributed by atoms with Gasteiger partial charge in [0.15, 0.2) is 23.3 Å². The van der Waals surface area contributed by atoms with Crippen LogP contribution in [0, 0.1) is 23.3 Å². The molecular formula is C11H10BF4. The molecule has 0 amide bonds. The zero-order valence-electron chi connectivity index (χ0n) is 8.95. The van der Waals surface area contributed by atoms with Gasteiger partial charge in [-0.2, -0.15) is 0 Å². The highest BCUT2D eigenvalue weighted by molar-refractivity contribution is 6.35. The van der Waals surface area contributed by atoms with Crippen molar-refractivity contribution >= 4 is 13.4 Å². The maximum Gasteiger partial charge on any atom is 0.169 e. The van der Waals surface area contributed by atoms with E-state index in [4.69, 9.17) is 0 Å². The topological polar surface area (TPSA) is 0 Å². The summed E-state index contributed by atoms with van der Waals surface area (Å²) in [6, 6.07) is 0. The summed E-state index contributed by atoms with van der Waals surface area (Å²) in [5.41, 5.74) is -1.37. The van der Waals surface area contributed by atoms with E-state index < -0.39 is 40.2 Å². The molecule has 1 rings (SSSR count). The van der Waals surface area contributed by atoms with Gasteiger partial charge < -0.3 is 0 Å². The Morgan fingerprint density at radius 3 is 1.81 bits per heavy atom. The molecule has 0 saturated carbocycles. The van der Waals surface area contributed by atoms with E-state index in [9.17, 15) is 17.6 Å². The van der Waals surface area contributed by atoms with Gasteiger partial charge in [-0.05, 0) is 5.82 Å². The second-order valence-corrected chi connectivity index (χ2v) is 3.41. The second-order valence-electron chi connectivity index (χ2n) is 3.41. The third kappa shape index (κ3) is 1.86. The van der Waals surface area contributed by atoms with Crippen molar-refractivity contribution in [2.45, 2.75) is 19.6 Å². The van der Waals surface area contributed by atoms with Crippen molar-refractivity contribution in [1.82, 2.24) is 0 Å². The van der Waals surface area contributed by atoms with Crippen LogP contribution in [0.3, 0.4) is 0 Å².